The van der Waals surface area contributed by atoms with Crippen molar-refractivity contribution in [2.24, 2.45) is 0 Å². The number of likely N-dealkylation sites (N-methyl/N-ethyl adjacent to an activating group) is 1. The van der Waals surface area contributed by atoms with E-state index < -0.39 is 0 Å². The summed E-state index contributed by atoms with van der Waals surface area (Å²) in [5.74, 6) is 5.95. The Labute approximate surface area is 130 Å². The van der Waals surface area contributed by atoms with E-state index in [0.29, 0.717) is 18.5 Å². The average Bonchev–Trinajstić information content (AvgIpc) is 2.92. The van der Waals surface area contributed by atoms with Crippen LogP contribution in [0.4, 0.5) is 0 Å². The highest BCUT2D eigenvalue weighted by Gasteiger charge is 2.30. The second-order valence-corrected chi connectivity index (χ2v) is 6.46. The van der Waals surface area contributed by atoms with Crippen LogP contribution in [0.5, 0.6) is 0 Å². The zero-order valence-electron chi connectivity index (χ0n) is 12.8. The van der Waals surface area contributed by atoms with Gasteiger partial charge in [-0.1, -0.05) is 11.8 Å². The highest BCUT2D eigenvalue weighted by atomic mass is 32.1. The summed E-state index contributed by atoms with van der Waals surface area (Å²) in [6.07, 6.45) is 0.467. The normalized spacial score (nSPS) is 22.8. The third-order valence-corrected chi connectivity index (χ3v) is 4.79. The molecule has 0 spiro atoms. The fraction of sp³-hybridized carbons (Fsp3) is 0.562. The maximum Gasteiger partial charge on any atom is 0.254 e. The Morgan fingerprint density at radius 1 is 1.43 bits per heavy atom. The lowest BCUT2D eigenvalue weighted by Gasteiger charge is -2.42. The monoisotopic (exact) mass is 306 g/mol. The number of carbonyl (C=O) groups is 1. The van der Waals surface area contributed by atoms with Gasteiger partial charge in [-0.2, -0.15) is 0 Å². The second kappa shape index (κ2) is 7.08. The SMILES string of the molecule is CC1CN(C(=O)c2csc(C#CCCO)c2)CC(C)N1C. The molecular weight excluding hydrogens is 284 g/mol. The van der Waals surface area contributed by atoms with Gasteiger partial charge in [0.15, 0.2) is 0 Å². The van der Waals surface area contributed by atoms with Gasteiger partial charge < -0.3 is 10.0 Å². The summed E-state index contributed by atoms with van der Waals surface area (Å²) in [4.78, 5) is 17.7. The first-order chi connectivity index (χ1) is 10.0. The lowest BCUT2D eigenvalue weighted by molar-refractivity contribution is 0.0414. The van der Waals surface area contributed by atoms with Crippen molar-refractivity contribution in [2.45, 2.75) is 32.4 Å². The molecule has 1 N–H and O–H groups in total. The highest BCUT2D eigenvalue weighted by Crippen LogP contribution is 2.19. The molecule has 1 aromatic rings. The Kier molecular flexibility index (Phi) is 5.40. The van der Waals surface area contributed by atoms with Crippen LogP contribution in [0.1, 0.15) is 35.5 Å². The van der Waals surface area contributed by atoms with Gasteiger partial charge in [0, 0.05) is 37.0 Å². The Balaban J connectivity index is 2.05. The number of carbonyl (C=O) groups excluding carboxylic acids is 1. The first-order valence-corrected chi connectivity index (χ1v) is 8.10. The molecule has 21 heavy (non-hydrogen) atoms. The molecule has 2 rings (SSSR count). The van der Waals surface area contributed by atoms with E-state index in [2.05, 4.69) is 37.6 Å². The largest absolute Gasteiger partial charge is 0.395 e. The quantitative estimate of drug-likeness (QED) is 0.845. The van der Waals surface area contributed by atoms with Crippen LogP contribution >= 0.6 is 11.3 Å². The van der Waals surface area contributed by atoms with E-state index in [1.54, 1.807) is 0 Å². The topological polar surface area (TPSA) is 43.8 Å². The molecular formula is C16H22N2O2S. The summed E-state index contributed by atoms with van der Waals surface area (Å²) >= 11 is 1.48. The zero-order chi connectivity index (χ0) is 15.4. The van der Waals surface area contributed by atoms with Crippen molar-refractivity contribution in [1.29, 1.82) is 0 Å². The summed E-state index contributed by atoms with van der Waals surface area (Å²) in [6.45, 7) is 5.90. The third kappa shape index (κ3) is 3.85. The molecule has 1 fully saturated rings. The van der Waals surface area contributed by atoms with Gasteiger partial charge in [0.2, 0.25) is 0 Å². The predicted octanol–water partition coefficient (Wildman–Crippen LogP) is 1.65. The molecule has 0 radical (unpaired) electrons. The summed E-state index contributed by atoms with van der Waals surface area (Å²) in [7, 11) is 2.11. The first kappa shape index (κ1) is 16.0. The maximum absolute atomic E-state index is 12.6. The lowest BCUT2D eigenvalue weighted by atomic mass is 10.1. The molecule has 4 nitrogen and oxygen atoms in total. The minimum atomic E-state index is 0.0707. The van der Waals surface area contributed by atoms with Crippen molar-refractivity contribution >= 4 is 17.2 Å². The molecule has 0 bridgehead atoms. The van der Waals surface area contributed by atoms with Crippen LogP contribution in [-0.4, -0.2) is 59.6 Å². The van der Waals surface area contributed by atoms with Gasteiger partial charge in [-0.3, -0.25) is 9.69 Å². The van der Waals surface area contributed by atoms with Gasteiger partial charge in [0.1, 0.15) is 0 Å². The van der Waals surface area contributed by atoms with Crippen LogP contribution in [0, 0.1) is 11.8 Å². The molecule has 1 amide bonds. The second-order valence-electron chi connectivity index (χ2n) is 5.55. The van der Waals surface area contributed by atoms with Crippen molar-refractivity contribution in [3.05, 3.63) is 21.9 Å². The van der Waals surface area contributed by atoms with E-state index in [0.717, 1.165) is 23.5 Å². The van der Waals surface area contributed by atoms with E-state index in [1.807, 2.05) is 16.3 Å². The van der Waals surface area contributed by atoms with Crippen LogP contribution in [-0.2, 0) is 0 Å². The van der Waals surface area contributed by atoms with Crippen molar-refractivity contribution in [2.75, 3.05) is 26.7 Å². The molecule has 1 aromatic heterocycles. The van der Waals surface area contributed by atoms with E-state index >= 15 is 0 Å². The van der Waals surface area contributed by atoms with Gasteiger partial charge in [0.05, 0.1) is 17.0 Å². The van der Waals surface area contributed by atoms with E-state index in [4.69, 9.17) is 5.11 Å². The fourth-order valence-corrected chi connectivity index (χ4v) is 3.22. The number of hydrogen-bond donors (Lipinski definition) is 1. The predicted molar refractivity (Wildman–Crippen MR) is 85.5 cm³/mol. The van der Waals surface area contributed by atoms with E-state index in [-0.39, 0.29) is 12.5 Å². The molecule has 2 heterocycles. The first-order valence-electron chi connectivity index (χ1n) is 7.22. The van der Waals surface area contributed by atoms with Crippen LogP contribution in [0.3, 0.4) is 0 Å². The molecule has 1 saturated heterocycles. The number of amides is 1. The Morgan fingerprint density at radius 3 is 2.71 bits per heavy atom. The number of thiophene rings is 1. The minimum Gasteiger partial charge on any atom is -0.395 e. The molecule has 0 aliphatic carbocycles. The smallest absolute Gasteiger partial charge is 0.254 e. The van der Waals surface area contributed by atoms with Crippen molar-refractivity contribution in [3.63, 3.8) is 0 Å². The number of nitrogens with zero attached hydrogens (tertiary/aromatic N) is 2. The number of piperazine rings is 1. The molecule has 2 atom stereocenters. The molecule has 1 aliphatic rings. The number of aliphatic hydroxyl groups is 1. The highest BCUT2D eigenvalue weighted by molar-refractivity contribution is 7.10. The summed E-state index contributed by atoms with van der Waals surface area (Å²) in [6, 6.07) is 2.60. The fourth-order valence-electron chi connectivity index (χ4n) is 2.47. The average molecular weight is 306 g/mol. The Hall–Kier alpha value is -1.35. The van der Waals surface area contributed by atoms with Gasteiger partial charge in [-0.15, -0.1) is 11.3 Å². The lowest BCUT2D eigenvalue weighted by Crippen LogP contribution is -2.56. The Morgan fingerprint density at radius 2 is 2.10 bits per heavy atom. The van der Waals surface area contributed by atoms with Crippen LogP contribution < -0.4 is 0 Å². The van der Waals surface area contributed by atoms with Crippen LogP contribution in [0.2, 0.25) is 0 Å². The van der Waals surface area contributed by atoms with Gasteiger partial charge >= 0.3 is 0 Å². The molecule has 0 saturated carbocycles. The zero-order valence-corrected chi connectivity index (χ0v) is 13.6. The summed E-state index contributed by atoms with van der Waals surface area (Å²) in [5, 5.41) is 10.6. The van der Waals surface area contributed by atoms with Crippen molar-refractivity contribution in [1.82, 2.24) is 9.80 Å². The van der Waals surface area contributed by atoms with E-state index in [9.17, 15) is 4.79 Å². The van der Waals surface area contributed by atoms with Crippen molar-refractivity contribution in [3.8, 4) is 11.8 Å². The number of aliphatic hydroxyl groups excluding tert-OH is 1. The number of rotatable bonds is 2. The molecule has 1 aliphatic heterocycles. The summed E-state index contributed by atoms with van der Waals surface area (Å²) in [5.41, 5.74) is 0.720. The standard InChI is InChI=1S/C16H22N2O2S/c1-12-9-18(10-13(2)17(12)3)16(20)14-8-15(21-11-14)6-4-5-7-19/h8,11-13,19H,5,7,9-10H2,1-3H3. The van der Waals surface area contributed by atoms with Gasteiger partial charge in [-0.25, -0.2) is 0 Å². The number of hydrogen-bond acceptors (Lipinski definition) is 4. The van der Waals surface area contributed by atoms with Crippen molar-refractivity contribution < 1.29 is 9.90 Å². The molecule has 114 valence electrons. The van der Waals surface area contributed by atoms with Gasteiger partial charge in [-0.05, 0) is 27.0 Å². The Bertz CT molecular complexity index is 546. The summed E-state index contributed by atoms with van der Waals surface area (Å²) < 4.78 is 0. The molecule has 0 aromatic carbocycles. The third-order valence-electron chi connectivity index (χ3n) is 3.94. The molecule has 5 heteroatoms. The van der Waals surface area contributed by atoms with Crippen LogP contribution in [0.15, 0.2) is 11.4 Å². The maximum atomic E-state index is 12.6. The van der Waals surface area contributed by atoms with Crippen LogP contribution in [0.25, 0.3) is 0 Å². The minimum absolute atomic E-state index is 0.0707. The van der Waals surface area contributed by atoms with Gasteiger partial charge in [0.25, 0.3) is 5.91 Å². The molecule has 2 unspecified atom stereocenters. The van der Waals surface area contributed by atoms with E-state index in [1.165, 1.54) is 11.3 Å².